The Morgan fingerprint density at radius 2 is 1.87 bits per heavy atom. The summed E-state index contributed by atoms with van der Waals surface area (Å²) in [7, 11) is 0. The summed E-state index contributed by atoms with van der Waals surface area (Å²) in [6, 6.07) is -0.0568. The van der Waals surface area contributed by atoms with Crippen LogP contribution in [0, 0.1) is 11.8 Å². The van der Waals surface area contributed by atoms with Crippen molar-refractivity contribution in [2.24, 2.45) is 11.8 Å². The van der Waals surface area contributed by atoms with Crippen LogP contribution in [0.1, 0.15) is 53.9 Å². The standard InChI is InChI=1S/C18H37N3O2/c1-6-7-8-20(9-10-22)17(23)19-14-18(4,5)21-12-15(2)11-16(3)13-21/h15-16,22H,6-14H2,1-5H3,(H,19,23). The van der Waals surface area contributed by atoms with Gasteiger partial charge in [-0.15, -0.1) is 0 Å². The van der Waals surface area contributed by atoms with E-state index in [1.165, 1.54) is 6.42 Å². The molecule has 136 valence electrons. The molecule has 23 heavy (non-hydrogen) atoms. The zero-order valence-corrected chi connectivity index (χ0v) is 15.8. The van der Waals surface area contributed by atoms with E-state index in [2.05, 4.69) is 44.8 Å². The molecule has 1 saturated heterocycles. The number of hydrogen-bond acceptors (Lipinski definition) is 3. The second-order valence-corrected chi connectivity index (χ2v) is 7.89. The van der Waals surface area contributed by atoms with E-state index < -0.39 is 0 Å². The molecule has 0 bridgehead atoms. The van der Waals surface area contributed by atoms with Gasteiger partial charge in [0.2, 0.25) is 0 Å². The topological polar surface area (TPSA) is 55.8 Å². The van der Waals surface area contributed by atoms with Crippen LogP contribution < -0.4 is 5.32 Å². The molecule has 0 aromatic heterocycles. The highest BCUT2D eigenvalue weighted by Crippen LogP contribution is 2.26. The Bertz CT molecular complexity index is 350. The molecule has 0 spiro atoms. The lowest BCUT2D eigenvalue weighted by molar-refractivity contribution is 0.0462. The number of piperidine rings is 1. The maximum absolute atomic E-state index is 12.4. The maximum atomic E-state index is 12.4. The highest BCUT2D eigenvalue weighted by molar-refractivity contribution is 5.74. The van der Waals surface area contributed by atoms with Crippen LogP contribution in [0.5, 0.6) is 0 Å². The van der Waals surface area contributed by atoms with E-state index in [1.807, 2.05) is 0 Å². The maximum Gasteiger partial charge on any atom is 0.317 e. The fraction of sp³-hybridized carbons (Fsp3) is 0.944. The summed E-state index contributed by atoms with van der Waals surface area (Å²) < 4.78 is 0. The molecule has 1 fully saturated rings. The van der Waals surface area contributed by atoms with Crippen molar-refractivity contribution in [2.75, 3.05) is 39.3 Å². The molecule has 2 N–H and O–H groups in total. The molecule has 5 nitrogen and oxygen atoms in total. The first-order valence-corrected chi connectivity index (χ1v) is 9.18. The lowest BCUT2D eigenvalue weighted by atomic mass is 9.88. The molecule has 0 saturated carbocycles. The zero-order valence-electron chi connectivity index (χ0n) is 15.8. The quantitative estimate of drug-likeness (QED) is 0.720. The number of carbonyl (C=O) groups is 1. The number of likely N-dealkylation sites (tertiary alicyclic amines) is 1. The van der Waals surface area contributed by atoms with Crippen molar-refractivity contribution in [3.8, 4) is 0 Å². The molecular weight excluding hydrogens is 290 g/mol. The predicted octanol–water partition coefficient (Wildman–Crippen LogP) is 2.55. The molecule has 0 aromatic rings. The van der Waals surface area contributed by atoms with Crippen LogP contribution >= 0.6 is 0 Å². The second-order valence-electron chi connectivity index (χ2n) is 7.89. The number of hydrogen-bond donors (Lipinski definition) is 2. The molecule has 2 amide bonds. The lowest BCUT2D eigenvalue weighted by Crippen LogP contribution is -2.57. The van der Waals surface area contributed by atoms with Crippen molar-refractivity contribution >= 4 is 6.03 Å². The summed E-state index contributed by atoms with van der Waals surface area (Å²) in [5, 5.41) is 12.2. The normalized spacial score (nSPS) is 22.9. The van der Waals surface area contributed by atoms with Crippen LogP contribution in [0.25, 0.3) is 0 Å². The van der Waals surface area contributed by atoms with E-state index in [0.717, 1.165) is 25.9 Å². The van der Waals surface area contributed by atoms with Crippen molar-refractivity contribution in [2.45, 2.75) is 59.4 Å². The molecule has 0 radical (unpaired) electrons. The largest absolute Gasteiger partial charge is 0.395 e. The van der Waals surface area contributed by atoms with E-state index in [1.54, 1.807) is 4.90 Å². The van der Waals surface area contributed by atoms with Crippen LogP contribution in [0.4, 0.5) is 4.79 Å². The number of aliphatic hydroxyl groups is 1. The lowest BCUT2D eigenvalue weighted by Gasteiger charge is -2.45. The summed E-state index contributed by atoms with van der Waals surface area (Å²) in [6.45, 7) is 15.1. The monoisotopic (exact) mass is 327 g/mol. The Morgan fingerprint density at radius 3 is 2.39 bits per heavy atom. The van der Waals surface area contributed by atoms with Crippen LogP contribution in [-0.2, 0) is 0 Å². The molecule has 1 rings (SSSR count). The number of amides is 2. The minimum atomic E-state index is -0.0568. The number of carbonyl (C=O) groups excluding carboxylic acids is 1. The second kappa shape index (κ2) is 9.48. The van der Waals surface area contributed by atoms with Gasteiger partial charge < -0.3 is 15.3 Å². The van der Waals surface area contributed by atoms with Gasteiger partial charge in [-0.2, -0.15) is 0 Å². The van der Waals surface area contributed by atoms with E-state index >= 15 is 0 Å². The SMILES string of the molecule is CCCCN(CCO)C(=O)NCC(C)(C)N1CC(C)CC(C)C1. The predicted molar refractivity (Wildman–Crippen MR) is 95.6 cm³/mol. The average Bonchev–Trinajstić information content (AvgIpc) is 2.48. The third-order valence-electron chi connectivity index (χ3n) is 4.84. The molecule has 2 unspecified atom stereocenters. The van der Waals surface area contributed by atoms with Crippen molar-refractivity contribution in [1.29, 1.82) is 0 Å². The first kappa shape index (κ1) is 20.2. The fourth-order valence-corrected chi connectivity index (χ4v) is 3.46. The fourth-order valence-electron chi connectivity index (χ4n) is 3.46. The summed E-state index contributed by atoms with van der Waals surface area (Å²) in [6.07, 6.45) is 3.31. The molecule has 2 atom stereocenters. The molecule has 0 aromatic carbocycles. The van der Waals surface area contributed by atoms with Gasteiger partial charge in [-0.25, -0.2) is 4.79 Å². The first-order chi connectivity index (χ1) is 10.8. The Balaban J connectivity index is 2.54. The van der Waals surface area contributed by atoms with Gasteiger partial charge in [0, 0.05) is 38.3 Å². The van der Waals surface area contributed by atoms with Gasteiger partial charge in [0.1, 0.15) is 0 Å². The number of rotatable bonds is 8. The summed E-state index contributed by atoms with van der Waals surface area (Å²) >= 11 is 0. The number of nitrogens with zero attached hydrogens (tertiary/aromatic N) is 2. The van der Waals surface area contributed by atoms with Gasteiger partial charge in [0.25, 0.3) is 0 Å². The number of aliphatic hydroxyl groups excluding tert-OH is 1. The Hall–Kier alpha value is -0.810. The average molecular weight is 328 g/mol. The van der Waals surface area contributed by atoms with Gasteiger partial charge in [-0.1, -0.05) is 27.2 Å². The van der Waals surface area contributed by atoms with Gasteiger partial charge in [0.15, 0.2) is 0 Å². The van der Waals surface area contributed by atoms with Crippen LogP contribution in [0.3, 0.4) is 0 Å². The van der Waals surface area contributed by atoms with Crippen LogP contribution in [0.15, 0.2) is 0 Å². The zero-order chi connectivity index (χ0) is 17.5. The molecule has 1 heterocycles. The smallest absolute Gasteiger partial charge is 0.317 e. The van der Waals surface area contributed by atoms with Gasteiger partial charge in [0.05, 0.1) is 6.61 Å². The molecule has 1 aliphatic heterocycles. The number of unbranched alkanes of at least 4 members (excludes halogenated alkanes) is 1. The third-order valence-corrected chi connectivity index (χ3v) is 4.84. The summed E-state index contributed by atoms with van der Waals surface area (Å²) in [5.41, 5.74) is -0.0474. The summed E-state index contributed by atoms with van der Waals surface area (Å²) in [4.78, 5) is 16.6. The van der Waals surface area contributed by atoms with Gasteiger partial charge in [-0.05, 0) is 38.5 Å². The first-order valence-electron chi connectivity index (χ1n) is 9.18. The molecule has 0 aliphatic carbocycles. The van der Waals surface area contributed by atoms with Crippen molar-refractivity contribution in [3.63, 3.8) is 0 Å². The van der Waals surface area contributed by atoms with Crippen LogP contribution in [0.2, 0.25) is 0 Å². The summed E-state index contributed by atoms with van der Waals surface area (Å²) in [5.74, 6) is 1.42. The Kier molecular flexibility index (Phi) is 8.34. The number of nitrogens with one attached hydrogen (secondary N) is 1. The van der Waals surface area contributed by atoms with E-state index in [0.29, 0.717) is 31.5 Å². The Morgan fingerprint density at radius 1 is 1.26 bits per heavy atom. The van der Waals surface area contributed by atoms with E-state index in [9.17, 15) is 4.79 Å². The molecule has 5 heteroatoms. The van der Waals surface area contributed by atoms with Crippen molar-refractivity contribution in [1.82, 2.24) is 15.1 Å². The van der Waals surface area contributed by atoms with Gasteiger partial charge in [-0.3, -0.25) is 4.90 Å². The molecular formula is C18H37N3O2. The van der Waals surface area contributed by atoms with Crippen molar-refractivity contribution < 1.29 is 9.90 Å². The van der Waals surface area contributed by atoms with E-state index in [4.69, 9.17) is 5.11 Å². The third kappa shape index (κ3) is 6.68. The van der Waals surface area contributed by atoms with Gasteiger partial charge >= 0.3 is 6.03 Å². The minimum Gasteiger partial charge on any atom is -0.395 e. The highest BCUT2D eigenvalue weighted by atomic mass is 16.3. The number of urea groups is 1. The van der Waals surface area contributed by atoms with Crippen molar-refractivity contribution in [3.05, 3.63) is 0 Å². The van der Waals surface area contributed by atoms with Crippen LogP contribution in [-0.4, -0.2) is 65.8 Å². The molecule has 1 aliphatic rings. The minimum absolute atomic E-state index is 0.0156. The highest BCUT2D eigenvalue weighted by Gasteiger charge is 2.33. The Labute approximate surface area is 142 Å². The van der Waals surface area contributed by atoms with E-state index in [-0.39, 0.29) is 18.2 Å².